The van der Waals surface area contributed by atoms with Gasteiger partial charge >= 0.3 is 6.09 Å². The lowest BCUT2D eigenvalue weighted by atomic mass is 10.0. The molecule has 5 rings (SSSR count). The first-order chi connectivity index (χ1) is 20.2. The zero-order valence-corrected chi connectivity index (χ0v) is 25.1. The summed E-state index contributed by atoms with van der Waals surface area (Å²) < 4.78 is 5.91. The van der Waals surface area contributed by atoms with E-state index in [0.717, 1.165) is 44.7 Å². The van der Waals surface area contributed by atoms with E-state index in [2.05, 4.69) is 11.0 Å². The van der Waals surface area contributed by atoms with Gasteiger partial charge in [0, 0.05) is 81.9 Å². The van der Waals surface area contributed by atoms with Crippen LogP contribution in [0.5, 0.6) is 0 Å². The van der Waals surface area contributed by atoms with Gasteiger partial charge < -0.3 is 19.4 Å². The highest BCUT2D eigenvalue weighted by Crippen LogP contribution is 2.32. The van der Waals surface area contributed by atoms with Crippen LogP contribution in [0.3, 0.4) is 0 Å². The van der Waals surface area contributed by atoms with Crippen molar-refractivity contribution in [3.8, 4) is 6.07 Å². The van der Waals surface area contributed by atoms with E-state index in [1.54, 1.807) is 41.0 Å². The first-order valence-corrected chi connectivity index (χ1v) is 15.1. The first kappa shape index (κ1) is 29.9. The number of anilines is 1. The first-order valence-electron chi connectivity index (χ1n) is 14.7. The molecule has 222 valence electrons. The third-order valence-corrected chi connectivity index (χ3v) is 9.22. The van der Waals surface area contributed by atoms with Crippen molar-refractivity contribution in [1.29, 1.82) is 5.26 Å². The average molecular weight is 592 g/mol. The molecule has 0 radical (unpaired) electrons. The highest BCUT2D eigenvalue weighted by Gasteiger charge is 2.41. The van der Waals surface area contributed by atoms with Crippen LogP contribution in [0.2, 0.25) is 5.02 Å². The highest BCUT2D eigenvalue weighted by atomic mass is 35.5. The summed E-state index contributed by atoms with van der Waals surface area (Å²) in [6.07, 6.45) is 1.44. The Labute approximate surface area is 252 Å². The summed E-state index contributed by atoms with van der Waals surface area (Å²) in [6, 6.07) is 14.6. The van der Waals surface area contributed by atoms with Crippen molar-refractivity contribution in [2.75, 3.05) is 57.3 Å². The number of fused-ring (bicyclic) bond motifs is 1. The van der Waals surface area contributed by atoms with Crippen molar-refractivity contribution in [2.45, 2.75) is 39.2 Å². The number of halogens is 1. The Morgan fingerprint density at radius 1 is 1.00 bits per heavy atom. The standard InChI is InChI=1S/C32H38ClN5O4/c1-22-4-9-28(16-30(22)33)38(32(41)42-29-10-14-36(15-11-29)23(2)39)13-3-12-35-18-26-20-37(21-27(26)19-35)31(40)25-7-5-24(17-34)6-8-25/h4-9,16,26-27,29H,3,10-15,18-21H2,1-2H3. The summed E-state index contributed by atoms with van der Waals surface area (Å²) in [5, 5.41) is 9.61. The van der Waals surface area contributed by atoms with Gasteiger partial charge in [0.1, 0.15) is 6.10 Å². The molecule has 42 heavy (non-hydrogen) atoms. The third-order valence-electron chi connectivity index (χ3n) is 8.81. The Morgan fingerprint density at radius 3 is 2.26 bits per heavy atom. The third kappa shape index (κ3) is 6.88. The van der Waals surface area contributed by atoms with Gasteiger partial charge in [0.05, 0.1) is 11.6 Å². The lowest BCUT2D eigenvalue weighted by Crippen LogP contribution is -2.43. The molecule has 0 saturated carbocycles. The van der Waals surface area contributed by atoms with E-state index >= 15 is 0 Å². The second-order valence-corrected chi connectivity index (χ2v) is 12.1. The highest BCUT2D eigenvalue weighted by molar-refractivity contribution is 6.31. The van der Waals surface area contributed by atoms with Crippen LogP contribution in [-0.4, -0.2) is 91.1 Å². The summed E-state index contributed by atoms with van der Waals surface area (Å²) in [5.74, 6) is 0.945. The maximum Gasteiger partial charge on any atom is 0.414 e. The molecule has 3 aliphatic rings. The van der Waals surface area contributed by atoms with Gasteiger partial charge in [0.25, 0.3) is 5.91 Å². The minimum atomic E-state index is -0.383. The van der Waals surface area contributed by atoms with Gasteiger partial charge in [-0.25, -0.2) is 4.79 Å². The SMILES string of the molecule is CC(=O)N1CCC(OC(=O)N(CCCN2CC3CN(C(=O)c4ccc(C#N)cc4)CC3C2)c2ccc(C)c(Cl)c2)CC1. The number of hydrogen-bond donors (Lipinski definition) is 0. The number of amides is 3. The van der Waals surface area contributed by atoms with Crippen LogP contribution in [0.4, 0.5) is 10.5 Å². The van der Waals surface area contributed by atoms with Gasteiger partial charge in [-0.15, -0.1) is 0 Å². The molecule has 9 nitrogen and oxygen atoms in total. The van der Waals surface area contributed by atoms with Gasteiger partial charge in [-0.2, -0.15) is 5.26 Å². The number of piperidine rings is 1. The normalized spacial score (nSPS) is 20.7. The second kappa shape index (κ2) is 13.1. The van der Waals surface area contributed by atoms with E-state index in [-0.39, 0.29) is 24.0 Å². The monoisotopic (exact) mass is 591 g/mol. The Bertz CT molecular complexity index is 1340. The van der Waals surface area contributed by atoms with Crippen LogP contribution in [0.1, 0.15) is 47.7 Å². The Hall–Kier alpha value is -3.61. The fraction of sp³-hybridized carbons (Fsp3) is 0.500. The molecule has 3 amide bonds. The zero-order chi connectivity index (χ0) is 29.8. The van der Waals surface area contributed by atoms with Crippen LogP contribution in [0.25, 0.3) is 0 Å². The van der Waals surface area contributed by atoms with E-state index in [0.29, 0.717) is 66.1 Å². The van der Waals surface area contributed by atoms with Crippen LogP contribution in [0.15, 0.2) is 42.5 Å². The Morgan fingerprint density at radius 2 is 1.67 bits per heavy atom. The van der Waals surface area contributed by atoms with Gasteiger partial charge in [-0.05, 0) is 73.7 Å². The molecule has 0 spiro atoms. The van der Waals surface area contributed by atoms with Crippen molar-refractivity contribution in [3.05, 3.63) is 64.2 Å². The summed E-state index contributed by atoms with van der Waals surface area (Å²) >= 11 is 6.41. The maximum atomic E-state index is 13.4. The van der Waals surface area contributed by atoms with Crippen molar-refractivity contribution >= 4 is 35.2 Å². The predicted molar refractivity (Wildman–Crippen MR) is 160 cm³/mol. The summed E-state index contributed by atoms with van der Waals surface area (Å²) in [5.41, 5.74) is 2.83. The van der Waals surface area contributed by atoms with Gasteiger partial charge in [0.15, 0.2) is 0 Å². The minimum absolute atomic E-state index is 0.0262. The lowest BCUT2D eigenvalue weighted by molar-refractivity contribution is -0.130. The van der Waals surface area contributed by atoms with Crippen molar-refractivity contribution < 1.29 is 19.1 Å². The van der Waals surface area contributed by atoms with Crippen LogP contribution in [0, 0.1) is 30.1 Å². The summed E-state index contributed by atoms with van der Waals surface area (Å²) in [6.45, 7) is 9.36. The molecule has 3 aliphatic heterocycles. The van der Waals surface area contributed by atoms with Crippen molar-refractivity contribution in [3.63, 3.8) is 0 Å². The number of ether oxygens (including phenoxy) is 1. The molecule has 2 atom stereocenters. The Kier molecular flexibility index (Phi) is 9.34. The number of likely N-dealkylation sites (tertiary alicyclic amines) is 3. The zero-order valence-electron chi connectivity index (χ0n) is 24.3. The molecule has 0 aromatic heterocycles. The number of benzene rings is 2. The maximum absolute atomic E-state index is 13.4. The lowest BCUT2D eigenvalue weighted by Gasteiger charge is -2.32. The molecule has 0 aliphatic carbocycles. The number of rotatable bonds is 7. The van der Waals surface area contributed by atoms with E-state index < -0.39 is 0 Å². The van der Waals surface area contributed by atoms with Crippen LogP contribution >= 0.6 is 11.6 Å². The number of carbonyl (C=O) groups excluding carboxylic acids is 3. The number of aryl methyl sites for hydroxylation is 1. The topological polar surface area (TPSA) is 97.2 Å². The van der Waals surface area contributed by atoms with Gasteiger partial charge in [0.2, 0.25) is 5.91 Å². The molecule has 3 saturated heterocycles. The fourth-order valence-corrected chi connectivity index (χ4v) is 6.51. The number of hydrogen-bond acceptors (Lipinski definition) is 6. The van der Waals surface area contributed by atoms with E-state index in [9.17, 15) is 14.4 Å². The average Bonchev–Trinajstić information content (AvgIpc) is 3.56. The minimum Gasteiger partial charge on any atom is -0.446 e. The molecule has 2 unspecified atom stereocenters. The quantitative estimate of drug-likeness (QED) is 0.468. The van der Waals surface area contributed by atoms with Crippen molar-refractivity contribution in [1.82, 2.24) is 14.7 Å². The molecule has 3 fully saturated rings. The number of nitriles is 1. The largest absolute Gasteiger partial charge is 0.446 e. The van der Waals surface area contributed by atoms with E-state index in [1.165, 1.54) is 0 Å². The predicted octanol–water partition coefficient (Wildman–Crippen LogP) is 4.57. The number of carbonyl (C=O) groups is 3. The second-order valence-electron chi connectivity index (χ2n) is 11.7. The molecule has 10 heteroatoms. The van der Waals surface area contributed by atoms with Crippen molar-refractivity contribution in [2.24, 2.45) is 11.8 Å². The molecule has 2 aromatic carbocycles. The van der Waals surface area contributed by atoms with E-state index in [4.69, 9.17) is 21.6 Å². The molecular weight excluding hydrogens is 554 g/mol. The molecule has 0 N–H and O–H groups in total. The molecule has 3 heterocycles. The van der Waals surface area contributed by atoms with Gasteiger partial charge in [-0.1, -0.05) is 17.7 Å². The molecule has 0 bridgehead atoms. The Balaban J connectivity index is 1.13. The number of nitrogens with zero attached hydrogens (tertiary/aromatic N) is 5. The van der Waals surface area contributed by atoms with Crippen LogP contribution < -0.4 is 4.90 Å². The smallest absolute Gasteiger partial charge is 0.414 e. The summed E-state index contributed by atoms with van der Waals surface area (Å²) in [4.78, 5) is 45.9. The van der Waals surface area contributed by atoms with Crippen LogP contribution in [-0.2, 0) is 9.53 Å². The molecular formula is C32H38ClN5O4. The van der Waals surface area contributed by atoms with Gasteiger partial charge in [-0.3, -0.25) is 14.5 Å². The fourth-order valence-electron chi connectivity index (χ4n) is 6.33. The van der Waals surface area contributed by atoms with E-state index in [1.807, 2.05) is 30.0 Å². The molecule has 2 aromatic rings. The summed E-state index contributed by atoms with van der Waals surface area (Å²) in [7, 11) is 0.